The minimum Gasteiger partial charge on any atom is -0.484 e. The van der Waals surface area contributed by atoms with Crippen molar-refractivity contribution in [1.82, 2.24) is 0 Å². The third kappa shape index (κ3) is 1.62. The van der Waals surface area contributed by atoms with Gasteiger partial charge in [0.05, 0.1) is 5.39 Å². The van der Waals surface area contributed by atoms with Crippen LogP contribution in [-0.2, 0) is 6.42 Å². The number of aryl methyl sites for hydroxylation is 1. The van der Waals surface area contributed by atoms with E-state index in [-0.39, 0.29) is 11.2 Å². The lowest BCUT2D eigenvalue weighted by atomic mass is 9.96. The summed E-state index contributed by atoms with van der Waals surface area (Å²) in [5.41, 5.74) is -0.474. The molecule has 0 saturated heterocycles. The number of ether oxygens (including phenoxy) is 1. The van der Waals surface area contributed by atoms with Crippen LogP contribution in [0.15, 0.2) is 33.5 Å². The molecule has 0 saturated carbocycles. The summed E-state index contributed by atoms with van der Waals surface area (Å²) in [6, 6.07) is 7.42. The van der Waals surface area contributed by atoms with Crippen LogP contribution in [0.4, 0.5) is 0 Å². The van der Waals surface area contributed by atoms with Crippen LogP contribution >= 0.6 is 0 Å². The second-order valence-electron chi connectivity index (χ2n) is 5.05. The Morgan fingerprint density at radius 2 is 1.88 bits per heavy atom. The molecule has 1 aliphatic heterocycles. The zero-order chi connectivity index (χ0) is 12.0. The Kier molecular flexibility index (Phi) is 2.05. The van der Waals surface area contributed by atoms with Crippen molar-refractivity contribution < 1.29 is 9.15 Å². The van der Waals surface area contributed by atoms with Gasteiger partial charge in [-0.15, -0.1) is 0 Å². The van der Waals surface area contributed by atoms with Crippen LogP contribution < -0.4 is 10.4 Å². The van der Waals surface area contributed by atoms with Gasteiger partial charge in [-0.05, 0) is 26.3 Å². The van der Waals surface area contributed by atoms with Crippen LogP contribution in [0.5, 0.6) is 5.75 Å². The predicted molar refractivity (Wildman–Crippen MR) is 65.5 cm³/mol. The lowest BCUT2D eigenvalue weighted by molar-refractivity contribution is 0.0766. The van der Waals surface area contributed by atoms with Gasteiger partial charge >= 0.3 is 5.63 Å². The fourth-order valence-electron chi connectivity index (χ4n) is 2.24. The summed E-state index contributed by atoms with van der Waals surface area (Å²) in [4.78, 5) is 11.8. The molecule has 1 aromatic carbocycles. The van der Waals surface area contributed by atoms with Crippen LogP contribution in [0.2, 0.25) is 0 Å². The Labute approximate surface area is 99.0 Å². The molecule has 3 rings (SSSR count). The Bertz CT molecular complexity index is 637. The molecule has 1 aromatic heterocycles. The maximum atomic E-state index is 11.8. The average molecular weight is 230 g/mol. The van der Waals surface area contributed by atoms with E-state index in [1.165, 1.54) is 0 Å². The molecule has 0 aliphatic carbocycles. The molecule has 0 spiro atoms. The maximum Gasteiger partial charge on any atom is 0.344 e. The van der Waals surface area contributed by atoms with Gasteiger partial charge in [0.2, 0.25) is 0 Å². The van der Waals surface area contributed by atoms with Crippen LogP contribution in [0, 0.1) is 0 Å². The van der Waals surface area contributed by atoms with E-state index in [0.29, 0.717) is 11.1 Å². The molecule has 0 unspecified atom stereocenters. The molecule has 3 nitrogen and oxygen atoms in total. The van der Waals surface area contributed by atoms with Crippen molar-refractivity contribution in [3.05, 3.63) is 40.4 Å². The molecule has 0 atom stereocenters. The topological polar surface area (TPSA) is 39.4 Å². The summed E-state index contributed by atoms with van der Waals surface area (Å²) in [5, 5.41) is 1.44. The Morgan fingerprint density at radius 1 is 1.18 bits per heavy atom. The molecule has 17 heavy (non-hydrogen) atoms. The van der Waals surface area contributed by atoms with Gasteiger partial charge in [0, 0.05) is 11.8 Å². The molecule has 3 heteroatoms. The monoisotopic (exact) mass is 230 g/mol. The molecule has 2 aromatic rings. The smallest absolute Gasteiger partial charge is 0.344 e. The highest BCUT2D eigenvalue weighted by molar-refractivity contribution is 5.87. The first-order valence-corrected chi connectivity index (χ1v) is 5.81. The molecule has 1 aliphatic rings. The molecule has 0 bridgehead atoms. The van der Waals surface area contributed by atoms with Crippen molar-refractivity contribution in [2.24, 2.45) is 0 Å². The van der Waals surface area contributed by atoms with Crippen molar-refractivity contribution in [3.63, 3.8) is 0 Å². The first kappa shape index (κ1) is 10.4. The van der Waals surface area contributed by atoms with E-state index in [1.807, 2.05) is 18.2 Å². The van der Waals surface area contributed by atoms with Crippen LogP contribution in [0.25, 0.3) is 10.8 Å². The lowest BCUT2D eigenvalue weighted by Crippen LogP contribution is -2.33. The average Bonchev–Trinajstić information content (AvgIpc) is 2.30. The zero-order valence-electron chi connectivity index (χ0n) is 9.95. The van der Waals surface area contributed by atoms with E-state index in [4.69, 9.17) is 9.15 Å². The molecule has 0 N–H and O–H groups in total. The lowest BCUT2D eigenvalue weighted by Gasteiger charge is -2.32. The van der Waals surface area contributed by atoms with Gasteiger partial charge in [0.1, 0.15) is 5.60 Å². The summed E-state index contributed by atoms with van der Waals surface area (Å²) in [6.45, 7) is 4.10. The first-order chi connectivity index (χ1) is 8.07. The van der Waals surface area contributed by atoms with Gasteiger partial charge in [0.15, 0.2) is 11.5 Å². The summed E-state index contributed by atoms with van der Waals surface area (Å²) in [5.74, 6) is 1.41. The molecule has 88 valence electrons. The number of fused-ring (bicyclic) bond motifs is 3. The third-order valence-corrected chi connectivity index (χ3v) is 3.19. The highest BCUT2D eigenvalue weighted by Crippen LogP contribution is 2.37. The van der Waals surface area contributed by atoms with Gasteiger partial charge in [-0.3, -0.25) is 0 Å². The second-order valence-corrected chi connectivity index (χ2v) is 5.05. The Balaban J connectivity index is 2.34. The minimum absolute atomic E-state index is 0.199. The normalized spacial score (nSPS) is 17.5. The number of hydrogen-bond donors (Lipinski definition) is 0. The van der Waals surface area contributed by atoms with Gasteiger partial charge in [0.25, 0.3) is 0 Å². The fourth-order valence-corrected chi connectivity index (χ4v) is 2.24. The van der Waals surface area contributed by atoms with Gasteiger partial charge in [-0.1, -0.05) is 18.2 Å². The van der Waals surface area contributed by atoms with Crippen molar-refractivity contribution >= 4 is 10.8 Å². The van der Waals surface area contributed by atoms with Crippen LogP contribution in [0.1, 0.15) is 26.0 Å². The number of benzene rings is 1. The van der Waals surface area contributed by atoms with E-state index < -0.39 is 0 Å². The standard InChI is InChI=1S/C14H14O3/c1-14(2)8-7-11-12(17-14)9-5-3-4-6-10(9)13(15)16-11/h3-6H,7-8H2,1-2H3. The van der Waals surface area contributed by atoms with E-state index in [0.717, 1.165) is 24.0 Å². The molecule has 0 amide bonds. The van der Waals surface area contributed by atoms with Crippen molar-refractivity contribution in [2.45, 2.75) is 32.3 Å². The first-order valence-electron chi connectivity index (χ1n) is 5.81. The Hall–Kier alpha value is -1.77. The quantitative estimate of drug-likeness (QED) is 0.698. The van der Waals surface area contributed by atoms with E-state index >= 15 is 0 Å². The van der Waals surface area contributed by atoms with Crippen LogP contribution in [0.3, 0.4) is 0 Å². The van der Waals surface area contributed by atoms with Crippen molar-refractivity contribution in [1.29, 1.82) is 0 Å². The third-order valence-electron chi connectivity index (χ3n) is 3.19. The number of rotatable bonds is 0. The zero-order valence-corrected chi connectivity index (χ0v) is 9.95. The predicted octanol–water partition coefficient (Wildman–Crippen LogP) is 2.90. The summed E-state index contributed by atoms with van der Waals surface area (Å²) in [7, 11) is 0. The second kappa shape index (κ2) is 3.36. The fraction of sp³-hybridized carbons (Fsp3) is 0.357. The van der Waals surface area contributed by atoms with E-state index in [1.54, 1.807) is 6.07 Å². The highest BCUT2D eigenvalue weighted by atomic mass is 16.5. The maximum absolute atomic E-state index is 11.8. The van der Waals surface area contributed by atoms with Crippen molar-refractivity contribution in [2.75, 3.05) is 0 Å². The van der Waals surface area contributed by atoms with Crippen LogP contribution in [-0.4, -0.2) is 5.60 Å². The van der Waals surface area contributed by atoms with Gasteiger partial charge in [-0.2, -0.15) is 0 Å². The Morgan fingerprint density at radius 3 is 2.65 bits per heavy atom. The highest BCUT2D eigenvalue weighted by Gasteiger charge is 2.30. The van der Waals surface area contributed by atoms with E-state index in [9.17, 15) is 4.79 Å². The molecular weight excluding hydrogens is 216 g/mol. The SMILES string of the molecule is CC1(C)CCc2oc(=O)c3ccccc3c2O1. The van der Waals surface area contributed by atoms with Gasteiger partial charge in [-0.25, -0.2) is 4.79 Å². The van der Waals surface area contributed by atoms with E-state index in [2.05, 4.69) is 13.8 Å². The summed E-state index contributed by atoms with van der Waals surface area (Å²) < 4.78 is 11.3. The molecule has 0 radical (unpaired) electrons. The van der Waals surface area contributed by atoms with Crippen molar-refractivity contribution in [3.8, 4) is 5.75 Å². The molecular formula is C14H14O3. The number of hydrogen-bond acceptors (Lipinski definition) is 3. The summed E-state index contributed by atoms with van der Waals surface area (Å²) >= 11 is 0. The summed E-state index contributed by atoms with van der Waals surface area (Å²) in [6.07, 6.45) is 1.61. The minimum atomic E-state index is -0.275. The molecule has 0 fully saturated rings. The molecule has 2 heterocycles. The van der Waals surface area contributed by atoms with Gasteiger partial charge < -0.3 is 9.15 Å². The largest absolute Gasteiger partial charge is 0.484 e.